The van der Waals surface area contributed by atoms with Crippen LogP contribution in [-0.2, 0) is 52.1 Å². The predicted octanol–water partition coefficient (Wildman–Crippen LogP) is 6.98. The molecule has 2 bridgehead atoms. The number of aromatic nitrogens is 3. The first-order chi connectivity index (χ1) is 32.5. The summed E-state index contributed by atoms with van der Waals surface area (Å²) in [6, 6.07) is 20.7. The highest BCUT2D eigenvalue weighted by Gasteiger charge is 2.46. The van der Waals surface area contributed by atoms with Crippen molar-refractivity contribution in [2.24, 2.45) is 13.0 Å². The zero-order valence-corrected chi connectivity index (χ0v) is 41.3. The number of methoxy groups -OCH3 is 1. The van der Waals surface area contributed by atoms with Gasteiger partial charge in [0.25, 0.3) is 0 Å². The lowest BCUT2D eigenvalue weighted by atomic mass is 9.80. The van der Waals surface area contributed by atoms with Crippen LogP contribution in [0.4, 0.5) is 4.39 Å². The third-order valence-electron chi connectivity index (χ3n) is 13.4. The number of piperidine rings is 1. The molecule has 0 radical (unpaired) electrons. The fourth-order valence-electron chi connectivity index (χ4n) is 9.45. The monoisotopic (exact) mass is 970 g/mol. The molecule has 3 amide bonds. The van der Waals surface area contributed by atoms with Crippen molar-refractivity contribution in [1.82, 2.24) is 34.5 Å². The second-order valence-electron chi connectivity index (χ2n) is 18.4. The minimum absolute atomic E-state index is 0.110. The summed E-state index contributed by atoms with van der Waals surface area (Å²) in [7, 11) is 9.11. The van der Waals surface area contributed by atoms with Gasteiger partial charge in [-0.05, 0) is 107 Å². The van der Waals surface area contributed by atoms with Gasteiger partial charge in [0.2, 0.25) is 17.7 Å². The van der Waals surface area contributed by atoms with Crippen LogP contribution < -0.4 is 14.8 Å². The Kier molecular flexibility index (Phi) is 16.1. The van der Waals surface area contributed by atoms with Crippen LogP contribution in [0, 0.1) is 23.9 Å². The number of fused-ring (bicyclic) bond motifs is 2. The minimum atomic E-state index is -1.08. The molecule has 2 aromatic heterocycles. The third-order valence-corrected chi connectivity index (χ3v) is 13.9. The van der Waals surface area contributed by atoms with Gasteiger partial charge in [-0.2, -0.15) is 4.73 Å². The number of hydrogen-bond acceptors (Lipinski definition) is 9. The molecule has 68 heavy (non-hydrogen) atoms. The zero-order valence-electron chi connectivity index (χ0n) is 39.8. The number of halogens is 3. The number of rotatable bonds is 13. The van der Waals surface area contributed by atoms with E-state index in [9.17, 15) is 14.8 Å². The first kappa shape index (κ1) is 50.3. The molecule has 7 rings (SSSR count). The van der Waals surface area contributed by atoms with E-state index in [1.165, 1.54) is 19.2 Å². The van der Waals surface area contributed by atoms with Gasteiger partial charge < -0.3 is 39.3 Å². The maximum atomic E-state index is 16.4. The van der Waals surface area contributed by atoms with Crippen molar-refractivity contribution in [2.45, 2.75) is 76.7 Å². The number of amides is 3. The first-order valence-electron chi connectivity index (χ1n) is 22.9. The Morgan fingerprint density at radius 1 is 0.985 bits per heavy atom. The Balaban J connectivity index is 1.24. The van der Waals surface area contributed by atoms with Crippen LogP contribution in [0.3, 0.4) is 0 Å². The summed E-state index contributed by atoms with van der Waals surface area (Å²) < 4.78 is 31.2. The molecule has 0 aliphatic carbocycles. The Labute approximate surface area is 408 Å². The second-order valence-corrected chi connectivity index (χ2v) is 19.3. The van der Waals surface area contributed by atoms with E-state index in [-0.39, 0.29) is 67.2 Å². The number of carbonyl (C=O) groups excluding carboxylic acids is 3. The number of benzene rings is 3. The highest BCUT2D eigenvalue weighted by molar-refractivity contribution is 6.31. The van der Waals surface area contributed by atoms with E-state index in [0.29, 0.717) is 54.5 Å². The molecule has 0 saturated carbocycles. The summed E-state index contributed by atoms with van der Waals surface area (Å²) in [5.74, 6) is -0.973. The molecule has 362 valence electrons. The molecular formula is C51H61Cl2FN8O6. The van der Waals surface area contributed by atoms with Gasteiger partial charge in [0, 0.05) is 100.0 Å². The summed E-state index contributed by atoms with van der Waals surface area (Å²) in [5.41, 5.74) is 2.93. The normalized spacial score (nSPS) is 21.0. The van der Waals surface area contributed by atoms with E-state index < -0.39 is 35.3 Å². The number of imidazole rings is 1. The quantitative estimate of drug-likeness (QED) is 0.0979. The van der Waals surface area contributed by atoms with Crippen molar-refractivity contribution in [3.8, 4) is 22.8 Å². The second kappa shape index (κ2) is 21.8. The van der Waals surface area contributed by atoms with Crippen molar-refractivity contribution >= 4 is 40.9 Å². The van der Waals surface area contributed by atoms with Gasteiger partial charge in [0.15, 0.2) is 11.4 Å². The number of aryl methyl sites for hydroxylation is 1. The van der Waals surface area contributed by atoms with Gasteiger partial charge >= 0.3 is 0 Å². The van der Waals surface area contributed by atoms with Crippen LogP contribution in [0.1, 0.15) is 54.5 Å². The number of hydrogen-bond donors (Lipinski definition) is 1. The van der Waals surface area contributed by atoms with Crippen molar-refractivity contribution in [3.05, 3.63) is 134 Å². The van der Waals surface area contributed by atoms with Gasteiger partial charge in [-0.25, -0.2) is 9.37 Å². The minimum Gasteiger partial charge on any atom is -0.618 e. The number of carbonyl (C=O) groups is 3. The molecule has 14 nitrogen and oxygen atoms in total. The van der Waals surface area contributed by atoms with E-state index in [1.54, 1.807) is 73.2 Å². The summed E-state index contributed by atoms with van der Waals surface area (Å²) in [6.45, 7) is 4.59. The summed E-state index contributed by atoms with van der Waals surface area (Å²) >= 11 is 12.7. The predicted molar refractivity (Wildman–Crippen MR) is 260 cm³/mol. The third kappa shape index (κ3) is 11.5. The van der Waals surface area contributed by atoms with Gasteiger partial charge in [-0.15, -0.1) is 0 Å². The van der Waals surface area contributed by atoms with Crippen LogP contribution in [0.2, 0.25) is 10.0 Å². The van der Waals surface area contributed by atoms with E-state index in [0.717, 1.165) is 27.4 Å². The van der Waals surface area contributed by atoms with E-state index in [2.05, 4.69) is 10.3 Å². The first-order valence-corrected chi connectivity index (χ1v) is 23.7. The average Bonchev–Trinajstić information content (AvgIpc) is 3.67. The van der Waals surface area contributed by atoms with Crippen LogP contribution in [0.5, 0.6) is 11.5 Å². The Bertz CT molecular complexity index is 2590. The Morgan fingerprint density at radius 2 is 1.72 bits per heavy atom. The van der Waals surface area contributed by atoms with E-state index in [1.807, 2.05) is 66.0 Å². The molecule has 2 aliphatic heterocycles. The molecule has 17 heteroatoms. The fraction of sp³-hybridized carbons (Fsp3) is 0.431. The molecule has 2 saturated heterocycles. The van der Waals surface area contributed by atoms with E-state index >= 15 is 9.18 Å². The van der Waals surface area contributed by atoms with Crippen LogP contribution in [0.25, 0.3) is 11.3 Å². The molecule has 2 fully saturated rings. The Hall–Kier alpha value is -5.58. The van der Waals surface area contributed by atoms with Crippen molar-refractivity contribution in [2.75, 3.05) is 54.5 Å². The lowest BCUT2D eigenvalue weighted by molar-refractivity contribution is -0.621. The molecule has 3 aromatic carbocycles. The van der Waals surface area contributed by atoms with Crippen molar-refractivity contribution in [1.29, 1.82) is 0 Å². The number of likely N-dealkylation sites (N-methyl/N-ethyl adjacent to an activating group) is 1. The smallest absolute Gasteiger partial charge is 0.247 e. The molecule has 1 N–H and O–H groups in total. The summed E-state index contributed by atoms with van der Waals surface area (Å²) in [4.78, 5) is 56.3. The lowest BCUT2D eigenvalue weighted by Crippen LogP contribution is -2.65. The highest BCUT2D eigenvalue weighted by Crippen LogP contribution is 2.36. The van der Waals surface area contributed by atoms with Gasteiger partial charge in [-0.3, -0.25) is 19.3 Å². The van der Waals surface area contributed by atoms with Gasteiger partial charge in [-0.1, -0.05) is 35.3 Å². The van der Waals surface area contributed by atoms with E-state index in [4.69, 9.17) is 32.7 Å². The largest absolute Gasteiger partial charge is 0.618 e. The zero-order chi connectivity index (χ0) is 48.9. The van der Waals surface area contributed by atoms with Gasteiger partial charge in [0.05, 0.1) is 36.6 Å². The molecule has 0 spiro atoms. The number of ether oxygens (including phenoxy) is 2. The molecule has 4 atom stereocenters. The molecular weight excluding hydrogens is 911 g/mol. The van der Waals surface area contributed by atoms with Crippen molar-refractivity contribution in [3.63, 3.8) is 0 Å². The molecule has 2 aliphatic rings. The van der Waals surface area contributed by atoms with Gasteiger partial charge in [0.1, 0.15) is 29.2 Å². The Morgan fingerprint density at radius 3 is 2.43 bits per heavy atom. The summed E-state index contributed by atoms with van der Waals surface area (Å²) in [5, 5.41) is 17.1. The maximum Gasteiger partial charge on any atom is 0.247 e. The van der Waals surface area contributed by atoms with Crippen LogP contribution >= 0.6 is 23.2 Å². The standard InChI is InChI=1S/C51H61Cl2FN8O6/c1-33-10-8-11-40(62(33)66)24-37-20-23-60(29-42-43(54)25-39(53)26-46(42)68-41-18-14-36(15-19-41)45-28-55-47(58(45)5)30-57(3)4)34(2)48(63)56-44(31-67-7)50(65)59(6)51(21-9-22-61(32-51)49(37)64)27-35-12-16-38(52)17-13-35/h8,10-19,25-26,28,34,37,44H,9,20-24,27,29-32H2,1-7H3,(H,56,63)/t34-,37+,44-,51+/m0/s1. The SMILES string of the molecule is COC[C@@H]1NC(=O)[C@H](C)N(Cc2c(F)cc(Cl)cc2Oc2ccc(-c3cnc(CN(C)C)n3C)cc2)CC[C@H](Cc2cccc(C)[n+]2[O-])C(=O)N2CCC[C@@](Cc3ccc(Cl)cc3)(C2)N(C)C1=O. The molecule has 4 heterocycles. The molecule has 0 unspecified atom stereocenters. The number of nitrogens with zero attached hydrogens (tertiary/aromatic N) is 7. The molecule has 5 aromatic rings. The van der Waals surface area contributed by atoms with Crippen molar-refractivity contribution < 1.29 is 33.0 Å². The van der Waals surface area contributed by atoms with Crippen LogP contribution in [-0.4, -0.2) is 119 Å². The topological polar surface area (TPSA) is 139 Å². The number of nitrogens with one attached hydrogen (secondary N) is 1. The fourth-order valence-corrected chi connectivity index (χ4v) is 9.77. The lowest BCUT2D eigenvalue weighted by Gasteiger charge is -2.50. The number of pyridine rings is 1. The highest BCUT2D eigenvalue weighted by atomic mass is 35.5. The average molecular weight is 972 g/mol. The maximum absolute atomic E-state index is 16.4. The summed E-state index contributed by atoms with van der Waals surface area (Å²) in [6.07, 6.45) is 3.75. The van der Waals surface area contributed by atoms with Crippen LogP contribution in [0.15, 0.2) is 85.1 Å².